The molecule has 0 bridgehead atoms. The van der Waals surface area contributed by atoms with E-state index in [0.29, 0.717) is 10.9 Å². The van der Waals surface area contributed by atoms with Crippen molar-refractivity contribution in [3.8, 4) is 0 Å². The van der Waals surface area contributed by atoms with E-state index in [-0.39, 0.29) is 12.0 Å². The van der Waals surface area contributed by atoms with Gasteiger partial charge in [0.2, 0.25) is 16.0 Å². The smallest absolute Gasteiger partial charge is 0.232 e. The van der Waals surface area contributed by atoms with Gasteiger partial charge in [-0.25, -0.2) is 13.4 Å². The third kappa shape index (κ3) is 6.72. The van der Waals surface area contributed by atoms with Crippen LogP contribution < -0.4 is 10.0 Å². The first-order valence-corrected chi connectivity index (χ1v) is 12.0. The summed E-state index contributed by atoms with van der Waals surface area (Å²) in [6.07, 6.45) is 4.97. The minimum Gasteiger partial charge on any atom is -0.326 e. The summed E-state index contributed by atoms with van der Waals surface area (Å²) in [5, 5.41) is 3.68. The number of nitrogens with one attached hydrogen (secondary N) is 2. The molecule has 8 heteroatoms. The van der Waals surface area contributed by atoms with E-state index in [0.717, 1.165) is 49.0 Å². The predicted octanol–water partition coefficient (Wildman–Crippen LogP) is 4.40. The molecule has 1 aromatic heterocycles. The van der Waals surface area contributed by atoms with Gasteiger partial charge in [0.25, 0.3) is 0 Å². The zero-order valence-electron chi connectivity index (χ0n) is 16.9. The van der Waals surface area contributed by atoms with E-state index in [9.17, 15) is 8.42 Å². The zero-order valence-corrected chi connectivity index (χ0v) is 18.5. The topological polar surface area (TPSA) is 83.5 Å². The number of anilines is 1. The van der Waals surface area contributed by atoms with Crippen molar-refractivity contribution in [2.45, 2.75) is 51.5 Å². The number of guanidine groups is 1. The first kappa shape index (κ1) is 21.6. The quantitative estimate of drug-likeness (QED) is 0.552. The Labute approximate surface area is 177 Å². The summed E-state index contributed by atoms with van der Waals surface area (Å²) in [5.74, 6) is 0.742. The maximum Gasteiger partial charge on any atom is 0.232 e. The van der Waals surface area contributed by atoms with Crippen LogP contribution in [0.2, 0.25) is 5.02 Å². The molecular weight excluding hydrogens is 408 g/mol. The summed E-state index contributed by atoms with van der Waals surface area (Å²) >= 11 is 5.92. The molecule has 3 rings (SSSR count). The highest BCUT2D eigenvalue weighted by Crippen LogP contribution is 2.34. The van der Waals surface area contributed by atoms with Crippen molar-refractivity contribution in [3.63, 3.8) is 0 Å². The number of aliphatic imine (C=N–C) groups is 1. The lowest BCUT2D eigenvalue weighted by Crippen LogP contribution is -2.36. The lowest BCUT2D eigenvalue weighted by Gasteiger charge is -2.27. The van der Waals surface area contributed by atoms with Gasteiger partial charge >= 0.3 is 0 Å². The Balaban J connectivity index is 1.70. The molecule has 156 valence electrons. The lowest BCUT2D eigenvalue weighted by molar-refractivity contribution is 0.396. The first-order valence-electron chi connectivity index (χ1n) is 9.71. The van der Waals surface area contributed by atoms with Crippen LogP contribution in [0.3, 0.4) is 0 Å². The largest absolute Gasteiger partial charge is 0.326 e. The molecule has 2 N–H and O–H groups in total. The molecular formula is C21H27ClN4O2S. The van der Waals surface area contributed by atoms with E-state index >= 15 is 0 Å². The number of sulfonamides is 1. The van der Waals surface area contributed by atoms with Gasteiger partial charge in [0.1, 0.15) is 0 Å². The van der Waals surface area contributed by atoms with Crippen molar-refractivity contribution in [2.24, 2.45) is 4.99 Å². The number of pyridine rings is 1. The molecule has 1 fully saturated rings. The van der Waals surface area contributed by atoms with Crippen molar-refractivity contribution >= 4 is 33.3 Å². The van der Waals surface area contributed by atoms with Crippen molar-refractivity contribution in [1.82, 2.24) is 9.71 Å². The van der Waals surface area contributed by atoms with Crippen LogP contribution in [0.4, 0.5) is 5.69 Å². The van der Waals surface area contributed by atoms with Crippen LogP contribution in [0.25, 0.3) is 0 Å². The number of rotatable bonds is 4. The number of hydrogen-bond donors (Lipinski definition) is 2. The van der Waals surface area contributed by atoms with Crippen molar-refractivity contribution in [1.29, 1.82) is 0 Å². The van der Waals surface area contributed by atoms with Crippen LogP contribution in [0.5, 0.6) is 0 Å². The van der Waals surface area contributed by atoms with Gasteiger partial charge in [-0.3, -0.25) is 9.71 Å². The minimum absolute atomic E-state index is 0.0688. The number of benzene rings is 1. The van der Waals surface area contributed by atoms with Gasteiger partial charge < -0.3 is 5.32 Å². The van der Waals surface area contributed by atoms with E-state index in [4.69, 9.17) is 11.6 Å². The minimum atomic E-state index is -3.44. The second kappa shape index (κ2) is 9.13. The van der Waals surface area contributed by atoms with Gasteiger partial charge in [0, 0.05) is 22.1 Å². The SMILES string of the molecule is Cc1cc(C2CCC(N=C(Nc3ccc(Cl)cc3)NS(C)(=O)=O)CC2)cc(C)n1. The average molecular weight is 435 g/mol. The fourth-order valence-electron chi connectivity index (χ4n) is 3.75. The summed E-state index contributed by atoms with van der Waals surface area (Å²) in [7, 11) is -3.44. The summed E-state index contributed by atoms with van der Waals surface area (Å²) in [6, 6.07) is 11.5. The number of hydrogen-bond acceptors (Lipinski definition) is 4. The second-order valence-corrected chi connectivity index (χ2v) is 9.86. The van der Waals surface area contributed by atoms with E-state index in [1.54, 1.807) is 24.3 Å². The molecule has 0 amide bonds. The van der Waals surface area contributed by atoms with Crippen molar-refractivity contribution in [2.75, 3.05) is 11.6 Å². The summed E-state index contributed by atoms with van der Waals surface area (Å²) < 4.78 is 26.0. The Kier molecular flexibility index (Phi) is 6.80. The number of nitrogens with zero attached hydrogens (tertiary/aromatic N) is 2. The van der Waals surface area contributed by atoms with Gasteiger partial charge in [-0.2, -0.15) is 0 Å². The van der Waals surface area contributed by atoms with Crippen LogP contribution in [0, 0.1) is 13.8 Å². The molecule has 0 aliphatic heterocycles. The van der Waals surface area contributed by atoms with Crippen molar-refractivity contribution < 1.29 is 8.42 Å². The van der Waals surface area contributed by atoms with Gasteiger partial charge in [-0.1, -0.05) is 11.6 Å². The summed E-state index contributed by atoms with van der Waals surface area (Å²) in [4.78, 5) is 9.13. The van der Waals surface area contributed by atoms with Gasteiger partial charge in [-0.05, 0) is 87.4 Å². The number of aromatic nitrogens is 1. The van der Waals surface area contributed by atoms with Gasteiger partial charge in [0.05, 0.1) is 12.3 Å². The van der Waals surface area contributed by atoms with E-state index in [1.165, 1.54) is 5.56 Å². The van der Waals surface area contributed by atoms with E-state index in [2.05, 4.69) is 32.1 Å². The molecule has 1 aromatic carbocycles. The Hall–Kier alpha value is -2.12. The summed E-state index contributed by atoms with van der Waals surface area (Å²) in [5.41, 5.74) is 4.16. The molecule has 0 radical (unpaired) electrons. The highest BCUT2D eigenvalue weighted by atomic mass is 35.5. The first-order chi connectivity index (χ1) is 13.7. The predicted molar refractivity (Wildman–Crippen MR) is 119 cm³/mol. The third-order valence-electron chi connectivity index (χ3n) is 4.97. The van der Waals surface area contributed by atoms with Crippen LogP contribution in [-0.2, 0) is 10.0 Å². The molecule has 1 saturated carbocycles. The normalized spacial score (nSPS) is 20.3. The molecule has 1 aliphatic rings. The van der Waals surface area contributed by atoms with Gasteiger partial charge in [-0.15, -0.1) is 0 Å². The van der Waals surface area contributed by atoms with Gasteiger partial charge in [0.15, 0.2) is 0 Å². The van der Waals surface area contributed by atoms with Crippen LogP contribution >= 0.6 is 11.6 Å². The fraction of sp³-hybridized carbons (Fsp3) is 0.429. The Morgan fingerprint density at radius 3 is 2.21 bits per heavy atom. The second-order valence-electron chi connectivity index (χ2n) is 7.67. The third-order valence-corrected chi connectivity index (χ3v) is 5.79. The lowest BCUT2D eigenvalue weighted by atomic mass is 9.82. The molecule has 1 heterocycles. The molecule has 1 aliphatic carbocycles. The number of halogens is 1. The maximum atomic E-state index is 11.8. The average Bonchev–Trinajstić information content (AvgIpc) is 2.62. The fourth-order valence-corrected chi connectivity index (χ4v) is 4.33. The van der Waals surface area contributed by atoms with Crippen LogP contribution in [0.15, 0.2) is 41.4 Å². The molecule has 2 aromatic rings. The molecule has 6 nitrogen and oxygen atoms in total. The van der Waals surface area contributed by atoms with Crippen molar-refractivity contribution in [3.05, 3.63) is 58.4 Å². The maximum absolute atomic E-state index is 11.8. The zero-order chi connectivity index (χ0) is 21.0. The highest BCUT2D eigenvalue weighted by Gasteiger charge is 2.23. The molecule has 0 spiro atoms. The standard InChI is InChI=1S/C21H27ClN4O2S/c1-14-12-17(13-15(2)23-14)16-4-8-19(9-5-16)24-21(26-29(3,27)28)25-20-10-6-18(22)7-11-20/h6-7,10-13,16,19H,4-5,8-9H2,1-3H3,(H2,24,25,26). The Bertz CT molecular complexity index is 962. The summed E-state index contributed by atoms with van der Waals surface area (Å²) in [6.45, 7) is 4.05. The van der Waals surface area contributed by atoms with Crippen LogP contribution in [-0.4, -0.2) is 31.7 Å². The molecule has 0 unspecified atom stereocenters. The van der Waals surface area contributed by atoms with Crippen LogP contribution in [0.1, 0.15) is 48.6 Å². The Morgan fingerprint density at radius 1 is 1.07 bits per heavy atom. The molecule has 0 saturated heterocycles. The molecule has 0 atom stereocenters. The number of aryl methyl sites for hydroxylation is 2. The monoisotopic (exact) mass is 434 g/mol. The molecule has 29 heavy (non-hydrogen) atoms. The Morgan fingerprint density at radius 2 is 1.66 bits per heavy atom. The van der Waals surface area contributed by atoms with E-state index in [1.807, 2.05) is 13.8 Å². The highest BCUT2D eigenvalue weighted by molar-refractivity contribution is 7.89. The van der Waals surface area contributed by atoms with E-state index < -0.39 is 10.0 Å².